The van der Waals surface area contributed by atoms with Gasteiger partial charge >= 0.3 is 0 Å². The van der Waals surface area contributed by atoms with Crippen LogP contribution in [0.1, 0.15) is 0 Å². The van der Waals surface area contributed by atoms with Crippen molar-refractivity contribution in [2.45, 2.75) is 0 Å². The fraction of sp³-hybridized carbons (Fsp3) is 0.111. The third-order valence-corrected chi connectivity index (χ3v) is 1.61. The zero-order valence-corrected chi connectivity index (χ0v) is 7.71. The van der Waals surface area contributed by atoms with Crippen molar-refractivity contribution in [1.82, 2.24) is 10.5 Å². The van der Waals surface area contributed by atoms with Crippen LogP contribution in [0, 0.1) is 0 Å². The summed E-state index contributed by atoms with van der Waals surface area (Å²) in [6.45, 7) is 0. The fourth-order valence-corrected chi connectivity index (χ4v) is 0.999. The van der Waals surface area contributed by atoms with Crippen molar-refractivity contribution >= 4 is 0 Å². The molecule has 1 aromatic carbocycles. The molecule has 0 bridgehead atoms. The van der Waals surface area contributed by atoms with Crippen molar-refractivity contribution in [3.05, 3.63) is 42.4 Å². The number of rotatable bonds is 2. The third-order valence-electron chi connectivity index (χ3n) is 1.61. The van der Waals surface area contributed by atoms with E-state index in [-0.39, 0.29) is 0 Å². The van der Waals surface area contributed by atoms with E-state index >= 15 is 0 Å². The molecule has 1 aliphatic heterocycles. The van der Waals surface area contributed by atoms with E-state index in [9.17, 15) is 0 Å². The van der Waals surface area contributed by atoms with E-state index < -0.39 is 0 Å². The molecule has 0 amide bonds. The summed E-state index contributed by atoms with van der Waals surface area (Å²) in [4.78, 5) is 0. The van der Waals surface area contributed by atoms with E-state index in [1.807, 2.05) is 30.3 Å². The van der Waals surface area contributed by atoms with Crippen molar-refractivity contribution in [3.63, 3.8) is 0 Å². The molecule has 5 heteroatoms. The maximum Gasteiger partial charge on any atom is 0.205 e. The molecule has 0 fully saturated rings. The predicted octanol–water partition coefficient (Wildman–Crippen LogP) is 1.68. The quantitative estimate of drug-likeness (QED) is 0.722. The lowest BCUT2D eigenvalue weighted by Crippen LogP contribution is -2.22. The van der Waals surface area contributed by atoms with Crippen LogP contribution in [0.4, 0.5) is 0 Å². The van der Waals surface area contributed by atoms with E-state index in [1.54, 1.807) is 7.05 Å². The molecule has 5 nitrogen and oxygen atoms in total. The van der Waals surface area contributed by atoms with Gasteiger partial charge in [0.1, 0.15) is 12.0 Å². The minimum atomic E-state index is 0.580. The van der Waals surface area contributed by atoms with Gasteiger partial charge in [-0.1, -0.05) is 18.2 Å². The molecule has 0 radical (unpaired) electrons. The number of hydrazine groups is 1. The van der Waals surface area contributed by atoms with Crippen LogP contribution >= 0.6 is 0 Å². The Labute approximate surface area is 81.6 Å². The molecule has 1 aliphatic rings. The lowest BCUT2D eigenvalue weighted by molar-refractivity contribution is 0.300. The van der Waals surface area contributed by atoms with Crippen molar-refractivity contribution in [1.29, 1.82) is 0 Å². The number of nitrogens with one attached hydrogen (secondary N) is 1. The normalized spacial score (nSPS) is 17.2. The Kier molecular flexibility index (Phi) is 2.31. The van der Waals surface area contributed by atoms with Gasteiger partial charge in [-0.25, -0.2) is 0 Å². The van der Waals surface area contributed by atoms with Crippen LogP contribution < -0.4 is 10.2 Å². The van der Waals surface area contributed by atoms with Crippen molar-refractivity contribution in [3.8, 4) is 5.75 Å². The summed E-state index contributed by atoms with van der Waals surface area (Å²) in [5.41, 5.74) is 2.86. The van der Waals surface area contributed by atoms with Crippen LogP contribution in [0.2, 0.25) is 0 Å². The number of hydrogen-bond donors (Lipinski definition) is 1. The maximum atomic E-state index is 5.33. The Bertz CT molecular complexity index is 360. The van der Waals surface area contributed by atoms with E-state index in [4.69, 9.17) is 4.74 Å². The predicted molar refractivity (Wildman–Crippen MR) is 50.9 cm³/mol. The van der Waals surface area contributed by atoms with Crippen LogP contribution in [0.3, 0.4) is 0 Å². The molecular formula is C9H10N4O. The molecule has 0 aromatic heterocycles. The molecule has 0 atom stereocenters. The topological polar surface area (TPSA) is 49.2 Å². The first-order valence-electron chi connectivity index (χ1n) is 4.18. The Hall–Kier alpha value is -2.04. The van der Waals surface area contributed by atoms with Crippen LogP contribution in [-0.4, -0.2) is 12.2 Å². The van der Waals surface area contributed by atoms with Gasteiger partial charge in [-0.2, -0.15) is 5.12 Å². The van der Waals surface area contributed by atoms with Gasteiger partial charge in [0, 0.05) is 7.05 Å². The summed E-state index contributed by atoms with van der Waals surface area (Å²) in [5, 5.41) is 9.04. The summed E-state index contributed by atoms with van der Waals surface area (Å²) >= 11 is 0. The molecule has 0 saturated carbocycles. The second-order valence-corrected chi connectivity index (χ2v) is 2.76. The zero-order chi connectivity index (χ0) is 9.80. The van der Waals surface area contributed by atoms with Crippen LogP contribution in [0.25, 0.3) is 0 Å². The van der Waals surface area contributed by atoms with Gasteiger partial charge < -0.3 is 4.74 Å². The number of para-hydroxylation sites is 1. The minimum absolute atomic E-state index is 0.580. The van der Waals surface area contributed by atoms with Gasteiger partial charge in [-0.05, 0) is 17.4 Å². The molecular weight excluding hydrogens is 180 g/mol. The molecule has 1 aromatic rings. The van der Waals surface area contributed by atoms with Gasteiger partial charge in [0.2, 0.25) is 5.82 Å². The number of benzene rings is 1. The van der Waals surface area contributed by atoms with E-state index in [0.717, 1.165) is 5.75 Å². The first kappa shape index (κ1) is 8.55. The second kappa shape index (κ2) is 3.78. The smallest absolute Gasteiger partial charge is 0.205 e. The molecule has 72 valence electrons. The average Bonchev–Trinajstić information content (AvgIpc) is 2.63. The second-order valence-electron chi connectivity index (χ2n) is 2.76. The highest BCUT2D eigenvalue weighted by molar-refractivity contribution is 5.22. The Morgan fingerprint density at radius 2 is 2.14 bits per heavy atom. The van der Waals surface area contributed by atoms with Gasteiger partial charge in [-0.3, -0.25) is 5.43 Å². The van der Waals surface area contributed by atoms with Crippen LogP contribution in [0.15, 0.2) is 52.8 Å². The van der Waals surface area contributed by atoms with Crippen LogP contribution in [-0.2, 0) is 0 Å². The average molecular weight is 190 g/mol. The first-order valence-corrected chi connectivity index (χ1v) is 4.18. The number of ether oxygens (including phenoxy) is 1. The monoisotopic (exact) mass is 190 g/mol. The summed E-state index contributed by atoms with van der Waals surface area (Å²) in [6.07, 6.45) is 1.52. The number of nitrogens with zero attached hydrogens (tertiary/aromatic N) is 3. The maximum absolute atomic E-state index is 5.33. The SMILES string of the molecule is CN1N=NC(=COc2ccccc2)N1. The lowest BCUT2D eigenvalue weighted by Gasteiger charge is -2.04. The van der Waals surface area contributed by atoms with E-state index in [0.29, 0.717) is 5.82 Å². The van der Waals surface area contributed by atoms with E-state index in [2.05, 4.69) is 15.8 Å². The third kappa shape index (κ3) is 2.01. The van der Waals surface area contributed by atoms with Crippen molar-refractivity contribution in [2.75, 3.05) is 7.05 Å². The molecule has 0 unspecified atom stereocenters. The van der Waals surface area contributed by atoms with Gasteiger partial charge in [0.15, 0.2) is 0 Å². The Balaban J connectivity index is 1.98. The van der Waals surface area contributed by atoms with Crippen LogP contribution in [0.5, 0.6) is 5.75 Å². The highest BCUT2D eigenvalue weighted by Crippen LogP contribution is 2.10. The molecule has 1 N–H and O–H groups in total. The van der Waals surface area contributed by atoms with E-state index in [1.165, 1.54) is 11.4 Å². The molecule has 0 saturated heterocycles. The molecule has 2 rings (SSSR count). The minimum Gasteiger partial charge on any atom is -0.461 e. The molecule has 0 aliphatic carbocycles. The first-order chi connectivity index (χ1) is 6.84. The highest BCUT2D eigenvalue weighted by Gasteiger charge is 2.05. The Morgan fingerprint density at radius 3 is 2.79 bits per heavy atom. The Morgan fingerprint density at radius 1 is 1.36 bits per heavy atom. The molecule has 0 spiro atoms. The fourth-order valence-electron chi connectivity index (χ4n) is 0.999. The summed E-state index contributed by atoms with van der Waals surface area (Å²) < 4.78 is 5.33. The summed E-state index contributed by atoms with van der Waals surface area (Å²) in [5.74, 6) is 1.35. The largest absolute Gasteiger partial charge is 0.461 e. The zero-order valence-electron chi connectivity index (χ0n) is 7.71. The summed E-state index contributed by atoms with van der Waals surface area (Å²) in [6, 6.07) is 9.48. The summed E-state index contributed by atoms with van der Waals surface area (Å²) in [7, 11) is 1.76. The van der Waals surface area contributed by atoms with Crippen molar-refractivity contribution < 1.29 is 4.74 Å². The van der Waals surface area contributed by atoms with Gasteiger partial charge in [0.25, 0.3) is 0 Å². The van der Waals surface area contributed by atoms with Gasteiger partial charge in [-0.15, -0.1) is 5.11 Å². The standard InChI is InChI=1S/C9H10N4O/c1-13-11-9(10-12-13)7-14-8-5-3-2-4-6-8/h2-7,11H,1H3. The molecule has 14 heavy (non-hydrogen) atoms. The van der Waals surface area contributed by atoms with Gasteiger partial charge in [0.05, 0.1) is 0 Å². The number of hydrogen-bond acceptors (Lipinski definition) is 5. The highest BCUT2D eigenvalue weighted by atomic mass is 16.5. The lowest BCUT2D eigenvalue weighted by atomic mass is 10.3. The van der Waals surface area contributed by atoms with Crippen molar-refractivity contribution in [2.24, 2.45) is 10.3 Å². The molecule has 1 heterocycles.